The Labute approximate surface area is 193 Å². The zero-order valence-electron chi connectivity index (χ0n) is 18.7. The van der Waals surface area contributed by atoms with Crippen molar-refractivity contribution in [3.05, 3.63) is 95.3 Å². The predicted octanol–water partition coefficient (Wildman–Crippen LogP) is 5.24. The minimum absolute atomic E-state index is 0.189. The molecule has 4 rings (SSSR count). The summed E-state index contributed by atoms with van der Waals surface area (Å²) in [4.78, 5) is 28.0. The first-order chi connectivity index (χ1) is 16.0. The molecule has 6 heteroatoms. The Bertz CT molecular complexity index is 1110. The number of hydrogen-bond donors (Lipinski definition) is 2. The molecule has 3 aromatic carbocycles. The van der Waals surface area contributed by atoms with Crippen LogP contribution in [0.25, 0.3) is 0 Å². The number of nitrogens with zero attached hydrogens (tertiary/aromatic N) is 1. The van der Waals surface area contributed by atoms with Crippen molar-refractivity contribution in [3.8, 4) is 0 Å². The summed E-state index contributed by atoms with van der Waals surface area (Å²) in [6.45, 7) is 4.45. The van der Waals surface area contributed by atoms with Crippen molar-refractivity contribution in [2.45, 2.75) is 26.3 Å². The summed E-state index contributed by atoms with van der Waals surface area (Å²) in [5.41, 5.74) is 3.27. The Balaban J connectivity index is 1.56. The first-order valence-corrected chi connectivity index (χ1v) is 11.3. The zero-order chi connectivity index (χ0) is 23.2. The Morgan fingerprint density at radius 3 is 2.33 bits per heavy atom. The lowest BCUT2D eigenvalue weighted by Gasteiger charge is -2.33. The van der Waals surface area contributed by atoms with E-state index in [1.165, 1.54) is 24.3 Å². The van der Waals surface area contributed by atoms with Crippen molar-refractivity contribution in [2.24, 2.45) is 5.92 Å². The molecule has 0 aliphatic carbocycles. The monoisotopic (exact) mass is 445 g/mol. The summed E-state index contributed by atoms with van der Waals surface area (Å²) in [6.07, 6.45) is 2.16. The van der Waals surface area contributed by atoms with Crippen LogP contribution < -0.4 is 15.5 Å². The summed E-state index contributed by atoms with van der Waals surface area (Å²) in [5, 5.41) is 5.83. The molecule has 2 N–H and O–H groups in total. The van der Waals surface area contributed by atoms with Crippen molar-refractivity contribution in [3.63, 3.8) is 0 Å². The molecule has 2 amide bonds. The molecule has 0 spiro atoms. The summed E-state index contributed by atoms with van der Waals surface area (Å²) >= 11 is 0. The third kappa shape index (κ3) is 5.77. The Kier molecular flexibility index (Phi) is 7.03. The topological polar surface area (TPSA) is 61.4 Å². The largest absolute Gasteiger partial charge is 0.371 e. The highest BCUT2D eigenvalue weighted by Crippen LogP contribution is 2.29. The van der Waals surface area contributed by atoms with Crippen LogP contribution in [0.2, 0.25) is 0 Å². The molecule has 0 unspecified atom stereocenters. The van der Waals surface area contributed by atoms with E-state index in [1.807, 2.05) is 42.5 Å². The highest BCUT2D eigenvalue weighted by molar-refractivity contribution is 6.06. The fourth-order valence-corrected chi connectivity index (χ4v) is 4.00. The summed E-state index contributed by atoms with van der Waals surface area (Å²) in [7, 11) is 0. The van der Waals surface area contributed by atoms with Gasteiger partial charge in [0.05, 0.1) is 5.56 Å². The number of halogens is 1. The molecule has 0 saturated carbocycles. The lowest BCUT2D eigenvalue weighted by atomic mass is 9.97. The van der Waals surface area contributed by atoms with Gasteiger partial charge in [-0.1, -0.05) is 37.3 Å². The van der Waals surface area contributed by atoms with Crippen LogP contribution in [0, 0.1) is 11.7 Å². The van der Waals surface area contributed by atoms with E-state index >= 15 is 0 Å². The number of carbonyl (C=O) groups is 2. The molecule has 1 aliphatic rings. The molecule has 0 atom stereocenters. The van der Waals surface area contributed by atoms with Gasteiger partial charge in [-0.25, -0.2) is 4.39 Å². The van der Waals surface area contributed by atoms with Crippen molar-refractivity contribution in [1.29, 1.82) is 0 Å². The lowest BCUT2D eigenvalue weighted by molar-refractivity contribution is 0.0950. The maximum absolute atomic E-state index is 13.2. The third-order valence-electron chi connectivity index (χ3n) is 6.03. The number of benzene rings is 3. The van der Waals surface area contributed by atoms with Gasteiger partial charge in [0.1, 0.15) is 5.82 Å². The second-order valence-electron chi connectivity index (χ2n) is 8.53. The lowest BCUT2D eigenvalue weighted by Crippen LogP contribution is -2.35. The van der Waals surface area contributed by atoms with Gasteiger partial charge in [0.25, 0.3) is 11.8 Å². The van der Waals surface area contributed by atoms with Gasteiger partial charge < -0.3 is 15.5 Å². The standard InChI is InChI=1S/C27H28FN3O2/c1-19-13-15-31(16-14-19)25-12-11-23(30-26(32)21-7-9-22(28)10-8-21)17-24(25)27(33)29-18-20-5-3-2-4-6-20/h2-12,17,19H,13-16,18H2,1H3,(H,29,33)(H,30,32). The minimum atomic E-state index is -0.399. The van der Waals surface area contributed by atoms with Crippen molar-refractivity contribution in [1.82, 2.24) is 5.32 Å². The van der Waals surface area contributed by atoms with E-state index in [0.29, 0.717) is 29.3 Å². The second kappa shape index (κ2) is 10.3. The smallest absolute Gasteiger partial charge is 0.255 e. The van der Waals surface area contributed by atoms with E-state index in [-0.39, 0.29) is 11.8 Å². The first-order valence-electron chi connectivity index (χ1n) is 11.3. The third-order valence-corrected chi connectivity index (χ3v) is 6.03. The predicted molar refractivity (Wildman–Crippen MR) is 129 cm³/mol. The van der Waals surface area contributed by atoms with E-state index in [1.54, 1.807) is 6.07 Å². The van der Waals surface area contributed by atoms with Crippen LogP contribution in [-0.4, -0.2) is 24.9 Å². The number of anilines is 2. The van der Waals surface area contributed by atoms with Gasteiger partial charge in [-0.05, 0) is 66.8 Å². The van der Waals surface area contributed by atoms with Crippen molar-refractivity contribution in [2.75, 3.05) is 23.3 Å². The second-order valence-corrected chi connectivity index (χ2v) is 8.53. The zero-order valence-corrected chi connectivity index (χ0v) is 18.7. The molecule has 170 valence electrons. The number of piperidine rings is 1. The molecule has 3 aromatic rings. The average Bonchev–Trinajstić information content (AvgIpc) is 2.84. The maximum Gasteiger partial charge on any atom is 0.255 e. The van der Waals surface area contributed by atoms with Gasteiger partial charge in [-0.15, -0.1) is 0 Å². The van der Waals surface area contributed by atoms with E-state index < -0.39 is 5.82 Å². The molecule has 1 fully saturated rings. The number of hydrogen-bond acceptors (Lipinski definition) is 3. The molecule has 0 aromatic heterocycles. The summed E-state index contributed by atoms with van der Waals surface area (Å²) in [5.74, 6) is -0.273. The summed E-state index contributed by atoms with van der Waals surface area (Å²) in [6, 6.07) is 20.5. The SMILES string of the molecule is CC1CCN(c2ccc(NC(=O)c3ccc(F)cc3)cc2C(=O)NCc2ccccc2)CC1. The quantitative estimate of drug-likeness (QED) is 0.545. The first kappa shape index (κ1) is 22.5. The van der Waals surface area contributed by atoms with Crippen LogP contribution in [0.5, 0.6) is 0 Å². The van der Waals surface area contributed by atoms with Crippen molar-refractivity contribution >= 4 is 23.2 Å². The number of amides is 2. The normalized spacial score (nSPS) is 14.1. The van der Waals surface area contributed by atoms with Crippen LogP contribution in [0.4, 0.5) is 15.8 Å². The molecular formula is C27H28FN3O2. The minimum Gasteiger partial charge on any atom is -0.371 e. The van der Waals surface area contributed by atoms with Gasteiger partial charge in [-0.3, -0.25) is 9.59 Å². The van der Waals surface area contributed by atoms with Gasteiger partial charge in [-0.2, -0.15) is 0 Å². The van der Waals surface area contributed by atoms with E-state index in [2.05, 4.69) is 22.5 Å². The molecule has 0 radical (unpaired) electrons. The van der Waals surface area contributed by atoms with Crippen LogP contribution in [0.1, 0.15) is 46.0 Å². The molecule has 1 aliphatic heterocycles. The van der Waals surface area contributed by atoms with Crippen LogP contribution in [0.3, 0.4) is 0 Å². The van der Waals surface area contributed by atoms with E-state index in [9.17, 15) is 14.0 Å². The van der Waals surface area contributed by atoms with E-state index in [0.717, 1.165) is 37.2 Å². The molecule has 1 heterocycles. The molecule has 0 bridgehead atoms. The number of carbonyl (C=O) groups excluding carboxylic acids is 2. The molecule has 5 nitrogen and oxygen atoms in total. The Morgan fingerprint density at radius 1 is 0.939 bits per heavy atom. The van der Waals surface area contributed by atoms with Gasteiger partial charge in [0.15, 0.2) is 0 Å². The Hall–Kier alpha value is -3.67. The fraction of sp³-hybridized carbons (Fsp3) is 0.259. The summed E-state index contributed by atoms with van der Waals surface area (Å²) < 4.78 is 13.2. The van der Waals surface area contributed by atoms with Crippen LogP contribution in [-0.2, 0) is 6.54 Å². The maximum atomic E-state index is 13.2. The molecular weight excluding hydrogens is 417 g/mol. The number of nitrogens with one attached hydrogen (secondary N) is 2. The highest BCUT2D eigenvalue weighted by atomic mass is 19.1. The van der Waals surface area contributed by atoms with Crippen LogP contribution in [0.15, 0.2) is 72.8 Å². The molecule has 33 heavy (non-hydrogen) atoms. The van der Waals surface area contributed by atoms with E-state index in [4.69, 9.17) is 0 Å². The van der Waals surface area contributed by atoms with Crippen molar-refractivity contribution < 1.29 is 14.0 Å². The van der Waals surface area contributed by atoms with Gasteiger partial charge in [0.2, 0.25) is 0 Å². The fourth-order valence-electron chi connectivity index (χ4n) is 4.00. The highest BCUT2D eigenvalue weighted by Gasteiger charge is 2.22. The molecule has 1 saturated heterocycles. The number of rotatable bonds is 6. The average molecular weight is 446 g/mol. The van der Waals surface area contributed by atoms with Gasteiger partial charge in [0, 0.05) is 36.6 Å². The van der Waals surface area contributed by atoms with Gasteiger partial charge >= 0.3 is 0 Å². The Morgan fingerprint density at radius 2 is 1.64 bits per heavy atom. The van der Waals surface area contributed by atoms with Crippen LogP contribution >= 0.6 is 0 Å².